The highest BCUT2D eigenvalue weighted by molar-refractivity contribution is 6.00. The van der Waals surface area contributed by atoms with E-state index in [2.05, 4.69) is 40.5 Å². The summed E-state index contributed by atoms with van der Waals surface area (Å²) in [6.45, 7) is 2.71. The third-order valence-corrected chi connectivity index (χ3v) is 5.04. The van der Waals surface area contributed by atoms with Crippen LogP contribution in [0.1, 0.15) is 29.3 Å². The molecule has 1 aliphatic heterocycles. The number of fused-ring (bicyclic) bond motifs is 2. The first-order chi connectivity index (χ1) is 13.0. The van der Waals surface area contributed by atoms with Crippen LogP contribution >= 0.6 is 0 Å². The summed E-state index contributed by atoms with van der Waals surface area (Å²) >= 11 is 0. The van der Waals surface area contributed by atoms with Gasteiger partial charge in [-0.05, 0) is 47.5 Å². The molecule has 1 heterocycles. The molecule has 136 valence electrons. The molecule has 1 aliphatic rings. The second kappa shape index (κ2) is 6.76. The summed E-state index contributed by atoms with van der Waals surface area (Å²) in [5.74, 6) is -0.572. The number of nitrogens with one attached hydrogen (secondary N) is 1. The fraction of sp³-hybridized carbons (Fsp3) is 0.182. The van der Waals surface area contributed by atoms with Gasteiger partial charge in [0.05, 0.1) is 11.4 Å². The predicted molar refractivity (Wildman–Crippen MR) is 108 cm³/mol. The van der Waals surface area contributed by atoms with Gasteiger partial charge in [0.1, 0.15) is 0 Å². The first kappa shape index (κ1) is 17.1. The van der Waals surface area contributed by atoms with Gasteiger partial charge in [-0.3, -0.25) is 9.59 Å². The van der Waals surface area contributed by atoms with E-state index >= 15 is 0 Å². The van der Waals surface area contributed by atoms with Crippen LogP contribution in [0.4, 0.5) is 11.4 Å². The molecule has 0 radical (unpaired) electrons. The molecule has 0 bridgehead atoms. The average molecular weight is 359 g/mol. The van der Waals surface area contributed by atoms with Crippen LogP contribution in [0, 0.1) is 0 Å². The summed E-state index contributed by atoms with van der Waals surface area (Å²) in [6, 6.07) is 19.9. The maximum Gasteiger partial charge on any atom is 0.248 e. The zero-order valence-corrected chi connectivity index (χ0v) is 15.1. The van der Waals surface area contributed by atoms with Crippen molar-refractivity contribution in [3.05, 3.63) is 71.8 Å². The summed E-state index contributed by atoms with van der Waals surface area (Å²) in [6.07, 6.45) is 0.383. The topological polar surface area (TPSA) is 75.4 Å². The zero-order chi connectivity index (χ0) is 19.0. The summed E-state index contributed by atoms with van der Waals surface area (Å²) in [7, 11) is 0. The van der Waals surface area contributed by atoms with Crippen molar-refractivity contribution in [2.75, 3.05) is 10.2 Å². The van der Waals surface area contributed by atoms with Crippen molar-refractivity contribution in [2.45, 2.75) is 25.9 Å². The third-order valence-electron chi connectivity index (χ3n) is 5.04. The lowest BCUT2D eigenvalue weighted by atomic mass is 10.0. The lowest BCUT2D eigenvalue weighted by molar-refractivity contribution is -0.116. The standard InChI is InChI=1S/C22H21N3O2/c1-14-10-21(26)24-19-12-18(22(23)27)8-9-20(19)25(14)13-15-6-7-16-4-2-3-5-17(16)11-15/h2-9,11-12,14H,10,13H2,1H3,(H2,23,27)(H,24,26). The second-order valence-electron chi connectivity index (χ2n) is 7.01. The maximum absolute atomic E-state index is 12.3. The van der Waals surface area contributed by atoms with Crippen molar-refractivity contribution >= 4 is 34.0 Å². The molecule has 3 N–H and O–H groups in total. The molecule has 3 aromatic rings. The molecule has 4 rings (SSSR count). The molecule has 0 saturated carbocycles. The van der Waals surface area contributed by atoms with Gasteiger partial charge < -0.3 is 16.0 Å². The Labute approximate surface area is 157 Å². The van der Waals surface area contributed by atoms with Crippen molar-refractivity contribution in [1.29, 1.82) is 0 Å². The molecule has 0 spiro atoms. The van der Waals surface area contributed by atoms with Gasteiger partial charge in [0.15, 0.2) is 0 Å². The van der Waals surface area contributed by atoms with E-state index in [1.54, 1.807) is 12.1 Å². The number of anilines is 2. The highest BCUT2D eigenvalue weighted by Gasteiger charge is 2.26. The molecule has 5 heteroatoms. The van der Waals surface area contributed by atoms with E-state index in [9.17, 15) is 9.59 Å². The molecule has 1 unspecified atom stereocenters. The maximum atomic E-state index is 12.3. The van der Waals surface area contributed by atoms with E-state index in [-0.39, 0.29) is 11.9 Å². The van der Waals surface area contributed by atoms with Crippen molar-refractivity contribution in [2.24, 2.45) is 5.73 Å². The number of hydrogen-bond donors (Lipinski definition) is 2. The monoisotopic (exact) mass is 359 g/mol. The Bertz CT molecular complexity index is 1040. The molecule has 0 aromatic heterocycles. The molecule has 5 nitrogen and oxygen atoms in total. The lowest BCUT2D eigenvalue weighted by Crippen LogP contribution is -2.33. The Kier molecular flexibility index (Phi) is 4.28. The van der Waals surface area contributed by atoms with Gasteiger partial charge in [-0.15, -0.1) is 0 Å². The Morgan fingerprint density at radius 3 is 2.67 bits per heavy atom. The lowest BCUT2D eigenvalue weighted by Gasteiger charge is -2.30. The number of carbonyl (C=O) groups is 2. The van der Waals surface area contributed by atoms with E-state index in [4.69, 9.17) is 5.73 Å². The largest absolute Gasteiger partial charge is 0.366 e. The molecular weight excluding hydrogens is 338 g/mol. The van der Waals surface area contributed by atoms with Crippen molar-refractivity contribution in [3.8, 4) is 0 Å². The second-order valence-corrected chi connectivity index (χ2v) is 7.01. The third kappa shape index (κ3) is 3.36. The van der Waals surface area contributed by atoms with Crippen LogP contribution < -0.4 is 16.0 Å². The Morgan fingerprint density at radius 2 is 1.89 bits per heavy atom. The summed E-state index contributed by atoms with van der Waals surface area (Å²) in [5.41, 5.74) is 8.47. The number of benzene rings is 3. The Balaban J connectivity index is 1.74. The molecule has 27 heavy (non-hydrogen) atoms. The van der Waals surface area contributed by atoms with Crippen molar-refractivity contribution in [1.82, 2.24) is 0 Å². The van der Waals surface area contributed by atoms with Gasteiger partial charge in [-0.25, -0.2) is 0 Å². The minimum absolute atomic E-state index is 0.0251. The number of nitrogens with zero attached hydrogens (tertiary/aromatic N) is 1. The van der Waals surface area contributed by atoms with Gasteiger partial charge in [0.2, 0.25) is 11.8 Å². The first-order valence-corrected chi connectivity index (χ1v) is 8.99. The van der Waals surface area contributed by atoms with E-state index in [0.29, 0.717) is 24.2 Å². The van der Waals surface area contributed by atoms with E-state index in [0.717, 1.165) is 5.69 Å². The van der Waals surface area contributed by atoms with Crippen LogP contribution in [0.2, 0.25) is 0 Å². The number of primary amides is 1. The fourth-order valence-corrected chi connectivity index (χ4v) is 3.63. The van der Waals surface area contributed by atoms with E-state index in [1.807, 2.05) is 25.1 Å². The highest BCUT2D eigenvalue weighted by atomic mass is 16.2. The molecule has 1 atom stereocenters. The smallest absolute Gasteiger partial charge is 0.248 e. The summed E-state index contributed by atoms with van der Waals surface area (Å²) < 4.78 is 0. The van der Waals surface area contributed by atoms with E-state index in [1.165, 1.54) is 16.3 Å². The van der Waals surface area contributed by atoms with Gasteiger partial charge in [-0.1, -0.05) is 36.4 Å². The quantitative estimate of drug-likeness (QED) is 0.749. The van der Waals surface area contributed by atoms with Gasteiger partial charge in [0, 0.05) is 24.6 Å². The number of hydrogen-bond acceptors (Lipinski definition) is 3. The molecule has 0 saturated heterocycles. The van der Waals surface area contributed by atoms with Crippen LogP contribution in [0.25, 0.3) is 10.8 Å². The predicted octanol–water partition coefficient (Wildman–Crippen LogP) is 3.68. The summed E-state index contributed by atoms with van der Waals surface area (Å²) in [4.78, 5) is 26.0. The van der Waals surface area contributed by atoms with Crippen LogP contribution in [0.3, 0.4) is 0 Å². The normalized spacial score (nSPS) is 16.6. The van der Waals surface area contributed by atoms with Crippen LogP contribution in [-0.4, -0.2) is 17.9 Å². The average Bonchev–Trinajstić information content (AvgIpc) is 2.76. The molecule has 3 aromatic carbocycles. The molecule has 2 amide bonds. The number of carbonyl (C=O) groups excluding carboxylic acids is 2. The van der Waals surface area contributed by atoms with Crippen LogP contribution in [0.15, 0.2) is 60.7 Å². The summed E-state index contributed by atoms with van der Waals surface area (Å²) in [5, 5.41) is 5.30. The number of nitrogens with two attached hydrogens (primary N) is 1. The molecule has 0 aliphatic carbocycles. The SMILES string of the molecule is CC1CC(=O)Nc2cc(C(N)=O)ccc2N1Cc1ccc2ccccc2c1. The minimum Gasteiger partial charge on any atom is -0.366 e. The van der Waals surface area contributed by atoms with E-state index < -0.39 is 5.91 Å². The number of rotatable bonds is 3. The van der Waals surface area contributed by atoms with Crippen molar-refractivity contribution in [3.63, 3.8) is 0 Å². The molecular formula is C22H21N3O2. The van der Waals surface area contributed by atoms with Gasteiger partial charge in [0.25, 0.3) is 0 Å². The molecule has 0 fully saturated rings. The minimum atomic E-state index is -0.509. The van der Waals surface area contributed by atoms with Gasteiger partial charge >= 0.3 is 0 Å². The Morgan fingerprint density at radius 1 is 1.11 bits per heavy atom. The van der Waals surface area contributed by atoms with Gasteiger partial charge in [-0.2, -0.15) is 0 Å². The highest BCUT2D eigenvalue weighted by Crippen LogP contribution is 2.34. The fourth-order valence-electron chi connectivity index (χ4n) is 3.63. The Hall–Kier alpha value is -3.34. The van der Waals surface area contributed by atoms with Crippen molar-refractivity contribution < 1.29 is 9.59 Å². The number of amides is 2. The van der Waals surface area contributed by atoms with Crippen LogP contribution in [-0.2, 0) is 11.3 Å². The van der Waals surface area contributed by atoms with Crippen LogP contribution in [0.5, 0.6) is 0 Å². The zero-order valence-electron chi connectivity index (χ0n) is 15.1. The first-order valence-electron chi connectivity index (χ1n) is 8.99.